The zero-order valence-electron chi connectivity index (χ0n) is 7.44. The topological polar surface area (TPSA) is 83.6 Å². The van der Waals surface area contributed by atoms with E-state index >= 15 is 0 Å². The highest BCUT2D eigenvalue weighted by Crippen LogP contribution is 2.62. The Kier molecular flexibility index (Phi) is 1.85. The average molecular weight is 185 g/mol. The van der Waals surface area contributed by atoms with Gasteiger partial charge in [0.05, 0.1) is 6.10 Å². The first-order valence-corrected chi connectivity index (χ1v) is 4.75. The zero-order valence-corrected chi connectivity index (χ0v) is 7.44. The van der Waals surface area contributed by atoms with E-state index in [1.807, 2.05) is 0 Å². The molecule has 0 unspecified atom stereocenters. The number of nitrogens with two attached hydrogens (primary N) is 1. The molecule has 0 spiro atoms. The molecule has 74 valence electrons. The standard InChI is InChI=1S/C9H15NO3/c10-7(8(12)13)9-4-5(9)2-1-3-6(9)11/h5-7,11H,1-4,10H2,(H,12,13)/t5-,6-,7+,9+/m0/s1. The van der Waals surface area contributed by atoms with Gasteiger partial charge >= 0.3 is 5.97 Å². The number of aliphatic hydroxyl groups excluding tert-OH is 1. The van der Waals surface area contributed by atoms with E-state index in [2.05, 4.69) is 0 Å². The highest BCUT2D eigenvalue weighted by Gasteiger charge is 2.65. The van der Waals surface area contributed by atoms with Crippen molar-refractivity contribution in [1.29, 1.82) is 0 Å². The van der Waals surface area contributed by atoms with Crippen molar-refractivity contribution in [1.82, 2.24) is 0 Å². The summed E-state index contributed by atoms with van der Waals surface area (Å²) in [5.74, 6) is -0.634. The Morgan fingerprint density at radius 2 is 2.23 bits per heavy atom. The van der Waals surface area contributed by atoms with Crippen molar-refractivity contribution in [2.75, 3.05) is 0 Å². The maximum absolute atomic E-state index is 10.7. The van der Waals surface area contributed by atoms with Crippen LogP contribution in [0.5, 0.6) is 0 Å². The lowest BCUT2D eigenvalue weighted by molar-refractivity contribution is -0.142. The molecule has 0 heterocycles. The maximum atomic E-state index is 10.7. The van der Waals surface area contributed by atoms with Gasteiger partial charge < -0.3 is 15.9 Å². The van der Waals surface area contributed by atoms with E-state index in [0.29, 0.717) is 12.3 Å². The molecule has 2 rings (SSSR count). The largest absolute Gasteiger partial charge is 0.480 e. The molecule has 2 aliphatic carbocycles. The SMILES string of the molecule is N[C@H](C(=O)O)[C@]12C[C@@H]1CCC[C@@H]2O. The summed E-state index contributed by atoms with van der Waals surface area (Å²) in [6.07, 6.45) is 3.02. The van der Waals surface area contributed by atoms with E-state index in [9.17, 15) is 9.90 Å². The third-order valence-corrected chi connectivity index (χ3v) is 3.70. The molecule has 0 radical (unpaired) electrons. The van der Waals surface area contributed by atoms with Gasteiger partial charge in [0.2, 0.25) is 0 Å². The molecule has 4 N–H and O–H groups in total. The van der Waals surface area contributed by atoms with E-state index in [4.69, 9.17) is 10.8 Å². The van der Waals surface area contributed by atoms with Crippen LogP contribution in [0.25, 0.3) is 0 Å². The molecular formula is C9H15NO3. The number of rotatable bonds is 2. The fourth-order valence-electron chi connectivity index (χ4n) is 2.79. The van der Waals surface area contributed by atoms with E-state index in [1.165, 1.54) is 0 Å². The average Bonchev–Trinajstić information content (AvgIpc) is 2.80. The minimum absolute atomic E-state index is 0.349. The first-order valence-electron chi connectivity index (χ1n) is 4.75. The second kappa shape index (κ2) is 2.69. The lowest BCUT2D eigenvalue weighted by Gasteiger charge is -2.30. The fourth-order valence-corrected chi connectivity index (χ4v) is 2.79. The van der Waals surface area contributed by atoms with Gasteiger partial charge in [-0.3, -0.25) is 4.79 Å². The first-order chi connectivity index (χ1) is 6.09. The van der Waals surface area contributed by atoms with E-state index < -0.39 is 23.5 Å². The summed E-state index contributed by atoms with van der Waals surface area (Å²) in [6, 6.07) is -0.882. The Morgan fingerprint density at radius 3 is 2.77 bits per heavy atom. The van der Waals surface area contributed by atoms with Crippen LogP contribution < -0.4 is 5.73 Å². The lowest BCUT2D eigenvalue weighted by atomic mass is 9.80. The van der Waals surface area contributed by atoms with Gasteiger partial charge in [0.1, 0.15) is 6.04 Å². The van der Waals surface area contributed by atoms with Crippen molar-refractivity contribution in [3.63, 3.8) is 0 Å². The van der Waals surface area contributed by atoms with Gasteiger partial charge in [0.25, 0.3) is 0 Å². The number of carboxylic acid groups (broad SMARTS) is 1. The molecule has 2 saturated carbocycles. The summed E-state index contributed by atoms with van der Waals surface area (Å²) in [7, 11) is 0. The van der Waals surface area contributed by atoms with Gasteiger partial charge in [-0.05, 0) is 25.2 Å². The van der Waals surface area contributed by atoms with E-state index in [0.717, 1.165) is 19.3 Å². The highest BCUT2D eigenvalue weighted by molar-refractivity contribution is 5.75. The highest BCUT2D eigenvalue weighted by atomic mass is 16.4. The Balaban J connectivity index is 2.16. The van der Waals surface area contributed by atoms with Crippen LogP contribution in [0.1, 0.15) is 25.7 Å². The van der Waals surface area contributed by atoms with Crippen molar-refractivity contribution >= 4 is 5.97 Å². The molecule has 0 aromatic heterocycles. The molecule has 0 saturated heterocycles. The second-order valence-electron chi connectivity index (χ2n) is 4.28. The number of hydrogen-bond acceptors (Lipinski definition) is 3. The van der Waals surface area contributed by atoms with Gasteiger partial charge in [0, 0.05) is 5.41 Å². The minimum Gasteiger partial charge on any atom is -0.480 e. The second-order valence-corrected chi connectivity index (χ2v) is 4.28. The lowest BCUT2D eigenvalue weighted by Crippen LogP contribution is -2.48. The van der Waals surface area contributed by atoms with Crippen LogP contribution in [0, 0.1) is 11.3 Å². The number of aliphatic hydroxyl groups is 1. The Hall–Kier alpha value is -0.610. The van der Waals surface area contributed by atoms with Gasteiger partial charge in [-0.15, -0.1) is 0 Å². The molecular weight excluding hydrogens is 170 g/mol. The summed E-state index contributed by atoms with van der Waals surface area (Å²) in [6.45, 7) is 0. The summed E-state index contributed by atoms with van der Waals surface area (Å²) < 4.78 is 0. The van der Waals surface area contributed by atoms with Crippen LogP contribution in [0.2, 0.25) is 0 Å². The summed E-state index contributed by atoms with van der Waals surface area (Å²) in [4.78, 5) is 10.7. The Bertz CT molecular complexity index is 243. The number of fused-ring (bicyclic) bond motifs is 1. The summed E-state index contributed by atoms with van der Waals surface area (Å²) in [5, 5.41) is 18.6. The predicted octanol–water partition coefficient (Wildman–Crippen LogP) is -0.0506. The van der Waals surface area contributed by atoms with Gasteiger partial charge in [-0.25, -0.2) is 0 Å². The third-order valence-electron chi connectivity index (χ3n) is 3.70. The molecule has 4 atom stereocenters. The first kappa shape index (κ1) is 8.97. The van der Waals surface area contributed by atoms with Crippen molar-refractivity contribution in [3.05, 3.63) is 0 Å². The number of carbonyl (C=O) groups is 1. The van der Waals surface area contributed by atoms with Crippen LogP contribution in [0.3, 0.4) is 0 Å². The van der Waals surface area contributed by atoms with E-state index in [-0.39, 0.29) is 0 Å². The van der Waals surface area contributed by atoms with Gasteiger partial charge in [-0.1, -0.05) is 6.42 Å². The predicted molar refractivity (Wildman–Crippen MR) is 46.0 cm³/mol. The molecule has 0 aromatic carbocycles. The molecule has 0 aromatic rings. The van der Waals surface area contributed by atoms with Crippen LogP contribution >= 0.6 is 0 Å². The quantitative estimate of drug-likeness (QED) is 0.563. The molecule has 2 fully saturated rings. The number of hydrogen-bond donors (Lipinski definition) is 3. The third kappa shape index (κ3) is 1.09. The van der Waals surface area contributed by atoms with Crippen LogP contribution in [-0.2, 0) is 4.79 Å². The van der Waals surface area contributed by atoms with Crippen molar-refractivity contribution in [2.45, 2.75) is 37.8 Å². The molecule has 13 heavy (non-hydrogen) atoms. The molecule has 4 heteroatoms. The molecule has 2 aliphatic rings. The van der Waals surface area contributed by atoms with Gasteiger partial charge in [0.15, 0.2) is 0 Å². The summed E-state index contributed by atoms with van der Waals surface area (Å²) >= 11 is 0. The molecule has 0 aliphatic heterocycles. The molecule has 4 nitrogen and oxygen atoms in total. The number of aliphatic carboxylic acids is 1. The van der Waals surface area contributed by atoms with Crippen molar-refractivity contribution in [3.8, 4) is 0 Å². The molecule has 0 amide bonds. The normalized spacial score (nSPS) is 45.1. The minimum atomic E-state index is -0.983. The van der Waals surface area contributed by atoms with Crippen LogP contribution in [0.15, 0.2) is 0 Å². The maximum Gasteiger partial charge on any atom is 0.321 e. The van der Waals surface area contributed by atoms with Crippen LogP contribution in [-0.4, -0.2) is 28.3 Å². The number of carboxylic acids is 1. The fraction of sp³-hybridized carbons (Fsp3) is 0.889. The van der Waals surface area contributed by atoms with Crippen LogP contribution in [0.4, 0.5) is 0 Å². The smallest absolute Gasteiger partial charge is 0.321 e. The molecule has 0 bridgehead atoms. The summed E-state index contributed by atoms with van der Waals surface area (Å²) in [5.41, 5.74) is 5.12. The zero-order chi connectivity index (χ0) is 9.64. The van der Waals surface area contributed by atoms with Crippen molar-refractivity contribution < 1.29 is 15.0 Å². The monoisotopic (exact) mass is 185 g/mol. The van der Waals surface area contributed by atoms with E-state index in [1.54, 1.807) is 0 Å². The van der Waals surface area contributed by atoms with Crippen molar-refractivity contribution in [2.24, 2.45) is 17.1 Å². The van der Waals surface area contributed by atoms with Gasteiger partial charge in [-0.2, -0.15) is 0 Å². The Labute approximate surface area is 76.7 Å². The Morgan fingerprint density at radius 1 is 1.54 bits per heavy atom.